The van der Waals surface area contributed by atoms with E-state index in [1.54, 1.807) is 23.1 Å². The molecule has 2 aromatic carbocycles. The van der Waals surface area contributed by atoms with Crippen molar-refractivity contribution in [3.05, 3.63) is 83.6 Å². The lowest BCUT2D eigenvalue weighted by atomic mass is 9.89. The summed E-state index contributed by atoms with van der Waals surface area (Å²) in [6.45, 7) is 8.02. The fourth-order valence-corrected chi connectivity index (χ4v) is 2.64. The molecule has 0 aromatic heterocycles. The van der Waals surface area contributed by atoms with Crippen molar-refractivity contribution in [3.63, 3.8) is 0 Å². The summed E-state index contributed by atoms with van der Waals surface area (Å²) in [5, 5.41) is 0. The van der Waals surface area contributed by atoms with Gasteiger partial charge in [-0.2, -0.15) is 0 Å². The van der Waals surface area contributed by atoms with Crippen molar-refractivity contribution in [1.29, 1.82) is 0 Å². The first-order chi connectivity index (χ1) is 11.8. The molecule has 0 radical (unpaired) electrons. The third-order valence-corrected chi connectivity index (χ3v) is 3.95. The number of hydrogen-bond donors (Lipinski definition) is 0. The second-order valence-corrected chi connectivity index (χ2v) is 7.10. The number of rotatable bonds is 5. The molecule has 2 aromatic rings. The molecule has 0 bridgehead atoms. The van der Waals surface area contributed by atoms with Crippen LogP contribution >= 0.6 is 0 Å². The van der Waals surface area contributed by atoms with Crippen LogP contribution in [0.1, 0.15) is 43.6 Å². The minimum absolute atomic E-state index is 0.0779. The van der Waals surface area contributed by atoms with Gasteiger partial charge in [0.15, 0.2) is 5.78 Å². The van der Waals surface area contributed by atoms with Crippen LogP contribution in [-0.2, 0) is 11.3 Å². The summed E-state index contributed by atoms with van der Waals surface area (Å²) >= 11 is 0. The van der Waals surface area contributed by atoms with Gasteiger partial charge in [-0.15, -0.1) is 0 Å². The van der Waals surface area contributed by atoms with E-state index in [-0.39, 0.29) is 17.1 Å². The first-order valence-corrected chi connectivity index (χ1v) is 8.42. The van der Waals surface area contributed by atoms with Gasteiger partial charge < -0.3 is 4.90 Å². The minimum Gasteiger partial charge on any atom is -0.311 e. The Morgan fingerprint density at radius 3 is 1.92 bits per heavy atom. The van der Waals surface area contributed by atoms with Gasteiger partial charge in [0, 0.05) is 29.7 Å². The SMILES string of the molecule is CC(=O)N(Cc1ccccc1)/C(=C/C(=O)c1ccccc1)C(C)(C)C. The second kappa shape index (κ2) is 7.93. The average molecular weight is 335 g/mol. The molecule has 0 aliphatic heterocycles. The van der Waals surface area contributed by atoms with Crippen molar-refractivity contribution < 1.29 is 9.59 Å². The number of allylic oxidation sites excluding steroid dienone is 2. The van der Waals surface area contributed by atoms with E-state index >= 15 is 0 Å². The van der Waals surface area contributed by atoms with Crippen LogP contribution in [0.2, 0.25) is 0 Å². The fraction of sp³-hybridized carbons (Fsp3) is 0.273. The molecule has 1 amide bonds. The molecule has 2 rings (SSSR count). The van der Waals surface area contributed by atoms with Crippen LogP contribution in [-0.4, -0.2) is 16.6 Å². The highest BCUT2D eigenvalue weighted by Crippen LogP contribution is 2.30. The lowest BCUT2D eigenvalue weighted by Crippen LogP contribution is -2.34. The van der Waals surface area contributed by atoms with Gasteiger partial charge in [-0.25, -0.2) is 0 Å². The van der Waals surface area contributed by atoms with Gasteiger partial charge in [0.25, 0.3) is 0 Å². The van der Waals surface area contributed by atoms with Gasteiger partial charge in [-0.05, 0) is 5.56 Å². The van der Waals surface area contributed by atoms with E-state index in [0.717, 1.165) is 11.3 Å². The molecule has 130 valence electrons. The molecule has 0 spiro atoms. The second-order valence-electron chi connectivity index (χ2n) is 7.10. The highest BCUT2D eigenvalue weighted by molar-refractivity contribution is 6.05. The zero-order valence-corrected chi connectivity index (χ0v) is 15.3. The summed E-state index contributed by atoms with van der Waals surface area (Å²) in [5.74, 6) is -0.171. The number of benzene rings is 2. The van der Waals surface area contributed by atoms with Crippen molar-refractivity contribution in [2.75, 3.05) is 0 Å². The normalized spacial score (nSPS) is 11.9. The summed E-state index contributed by atoms with van der Waals surface area (Å²) < 4.78 is 0. The van der Waals surface area contributed by atoms with Crippen molar-refractivity contribution in [1.82, 2.24) is 4.90 Å². The molecule has 0 N–H and O–H groups in total. The van der Waals surface area contributed by atoms with Crippen molar-refractivity contribution in [2.24, 2.45) is 5.41 Å². The van der Waals surface area contributed by atoms with Gasteiger partial charge in [-0.1, -0.05) is 81.4 Å². The Kier molecular flexibility index (Phi) is 5.92. The number of hydrogen-bond acceptors (Lipinski definition) is 2. The van der Waals surface area contributed by atoms with Crippen LogP contribution in [0, 0.1) is 5.41 Å². The standard InChI is InChI=1S/C22H25NO2/c1-17(24)23(16-18-11-7-5-8-12-18)21(22(2,3)4)15-20(25)19-13-9-6-10-14-19/h5-15H,16H2,1-4H3/b21-15+. The molecule has 0 aliphatic carbocycles. The van der Waals surface area contributed by atoms with Crippen LogP contribution < -0.4 is 0 Å². The summed E-state index contributed by atoms with van der Waals surface area (Å²) in [6.07, 6.45) is 1.60. The Bertz CT molecular complexity index is 756. The molecule has 25 heavy (non-hydrogen) atoms. The lowest BCUT2D eigenvalue weighted by molar-refractivity contribution is -0.128. The summed E-state index contributed by atoms with van der Waals surface area (Å²) in [5.41, 5.74) is 2.02. The number of carbonyl (C=O) groups is 2. The molecule has 3 heteroatoms. The number of carbonyl (C=O) groups excluding carboxylic acids is 2. The molecule has 0 atom stereocenters. The Morgan fingerprint density at radius 2 is 1.44 bits per heavy atom. The number of amides is 1. The fourth-order valence-electron chi connectivity index (χ4n) is 2.64. The smallest absolute Gasteiger partial charge is 0.223 e. The van der Waals surface area contributed by atoms with Crippen LogP contribution in [0.3, 0.4) is 0 Å². The molecule has 0 saturated heterocycles. The molecule has 0 heterocycles. The number of nitrogens with zero attached hydrogens (tertiary/aromatic N) is 1. The third-order valence-electron chi connectivity index (χ3n) is 3.95. The van der Waals surface area contributed by atoms with Gasteiger partial charge in [0.1, 0.15) is 0 Å². The Morgan fingerprint density at radius 1 is 0.920 bits per heavy atom. The average Bonchev–Trinajstić information content (AvgIpc) is 2.58. The van der Waals surface area contributed by atoms with Crippen molar-refractivity contribution in [3.8, 4) is 0 Å². The third kappa shape index (κ3) is 5.15. The van der Waals surface area contributed by atoms with Gasteiger partial charge in [-0.3, -0.25) is 9.59 Å². The van der Waals surface area contributed by atoms with E-state index in [4.69, 9.17) is 0 Å². The zero-order valence-electron chi connectivity index (χ0n) is 15.3. The maximum atomic E-state index is 12.7. The van der Waals surface area contributed by atoms with Gasteiger partial charge in [0.05, 0.1) is 6.54 Å². The molecule has 0 fully saturated rings. The van der Waals surface area contributed by atoms with Crippen LogP contribution in [0.5, 0.6) is 0 Å². The van der Waals surface area contributed by atoms with Crippen LogP contribution in [0.15, 0.2) is 72.4 Å². The van der Waals surface area contributed by atoms with Crippen LogP contribution in [0.25, 0.3) is 0 Å². The molecular weight excluding hydrogens is 310 g/mol. The monoisotopic (exact) mass is 335 g/mol. The van der Waals surface area contributed by atoms with E-state index in [1.165, 1.54) is 6.92 Å². The van der Waals surface area contributed by atoms with E-state index in [2.05, 4.69) is 0 Å². The lowest BCUT2D eigenvalue weighted by Gasteiger charge is -2.33. The van der Waals surface area contributed by atoms with E-state index < -0.39 is 0 Å². The minimum atomic E-state index is -0.342. The maximum Gasteiger partial charge on any atom is 0.223 e. The Labute approximate surface area is 150 Å². The summed E-state index contributed by atoms with van der Waals surface area (Å²) in [6, 6.07) is 18.9. The largest absolute Gasteiger partial charge is 0.311 e. The zero-order chi connectivity index (χ0) is 18.4. The van der Waals surface area contributed by atoms with E-state index in [1.807, 2.05) is 69.3 Å². The maximum absolute atomic E-state index is 12.7. The number of ketones is 1. The molecule has 3 nitrogen and oxygen atoms in total. The van der Waals surface area contributed by atoms with Gasteiger partial charge in [0.2, 0.25) is 5.91 Å². The molecule has 0 aliphatic rings. The highest BCUT2D eigenvalue weighted by Gasteiger charge is 2.27. The highest BCUT2D eigenvalue weighted by atomic mass is 16.2. The molecule has 0 saturated carbocycles. The Balaban J connectivity index is 2.41. The predicted molar refractivity (Wildman–Crippen MR) is 101 cm³/mol. The van der Waals surface area contributed by atoms with Gasteiger partial charge >= 0.3 is 0 Å². The van der Waals surface area contributed by atoms with E-state index in [0.29, 0.717) is 12.1 Å². The van der Waals surface area contributed by atoms with Crippen LogP contribution in [0.4, 0.5) is 0 Å². The van der Waals surface area contributed by atoms with Crippen molar-refractivity contribution in [2.45, 2.75) is 34.2 Å². The predicted octanol–water partition coefficient (Wildman–Crippen LogP) is 4.85. The quantitative estimate of drug-likeness (QED) is 0.579. The molecular formula is C22H25NO2. The summed E-state index contributed by atoms with van der Waals surface area (Å²) in [4.78, 5) is 26.7. The molecule has 0 unspecified atom stereocenters. The van der Waals surface area contributed by atoms with E-state index in [9.17, 15) is 9.59 Å². The Hall–Kier alpha value is -2.68. The van der Waals surface area contributed by atoms with Crippen molar-refractivity contribution >= 4 is 11.7 Å². The first kappa shape index (κ1) is 18.7. The summed E-state index contributed by atoms with van der Waals surface area (Å²) in [7, 11) is 0. The topological polar surface area (TPSA) is 37.4 Å². The first-order valence-electron chi connectivity index (χ1n) is 8.42.